The summed E-state index contributed by atoms with van der Waals surface area (Å²) in [5.74, 6) is 0.163. The minimum Gasteiger partial charge on any atom is -0.378 e. The van der Waals surface area contributed by atoms with E-state index in [1.165, 1.54) is 0 Å². The van der Waals surface area contributed by atoms with Crippen molar-refractivity contribution in [1.29, 1.82) is 0 Å². The van der Waals surface area contributed by atoms with Crippen LogP contribution in [0.15, 0.2) is 0 Å². The zero-order valence-electron chi connectivity index (χ0n) is 7.21. The molecular formula is C7H15ClN2O2. The van der Waals surface area contributed by atoms with Crippen molar-refractivity contribution in [3.05, 3.63) is 0 Å². The molecule has 1 N–H and O–H groups in total. The van der Waals surface area contributed by atoms with Gasteiger partial charge in [0.25, 0.3) is 0 Å². The molecule has 4 nitrogen and oxygen atoms in total. The summed E-state index contributed by atoms with van der Waals surface area (Å²) in [5.41, 5.74) is 0. The Balaban J connectivity index is 0.00000121. The highest BCUT2D eigenvalue weighted by Gasteiger charge is 2.14. The molecule has 0 radical (unpaired) electrons. The van der Waals surface area contributed by atoms with Crippen LogP contribution in [0.1, 0.15) is 0 Å². The molecule has 1 fully saturated rings. The van der Waals surface area contributed by atoms with E-state index in [9.17, 15) is 4.79 Å². The number of amides is 1. The van der Waals surface area contributed by atoms with Crippen LogP contribution in [0.5, 0.6) is 0 Å². The second kappa shape index (κ2) is 6.22. The third-order valence-electron chi connectivity index (χ3n) is 1.69. The molecule has 0 aromatic carbocycles. The van der Waals surface area contributed by atoms with Crippen molar-refractivity contribution in [2.75, 3.05) is 39.9 Å². The minimum atomic E-state index is 0. The molecule has 0 aliphatic carbocycles. The molecule has 1 aliphatic rings. The van der Waals surface area contributed by atoms with Gasteiger partial charge in [-0.15, -0.1) is 12.4 Å². The molecule has 12 heavy (non-hydrogen) atoms. The maximum absolute atomic E-state index is 11.2. The monoisotopic (exact) mass is 194 g/mol. The number of likely N-dealkylation sites (N-methyl/N-ethyl adjacent to an activating group) is 1. The highest BCUT2D eigenvalue weighted by Crippen LogP contribution is 1.95. The first-order valence-electron chi connectivity index (χ1n) is 3.84. The van der Waals surface area contributed by atoms with E-state index in [0.717, 1.165) is 13.1 Å². The lowest BCUT2D eigenvalue weighted by Gasteiger charge is -2.26. The largest absolute Gasteiger partial charge is 0.378 e. The zero-order chi connectivity index (χ0) is 8.10. The Morgan fingerprint density at radius 2 is 2.08 bits per heavy atom. The third kappa shape index (κ3) is 3.38. The van der Waals surface area contributed by atoms with Gasteiger partial charge in [-0.05, 0) is 7.05 Å². The molecule has 1 heterocycles. The maximum atomic E-state index is 11.2. The van der Waals surface area contributed by atoms with Crippen LogP contribution in [-0.2, 0) is 9.53 Å². The van der Waals surface area contributed by atoms with E-state index < -0.39 is 0 Å². The van der Waals surface area contributed by atoms with Gasteiger partial charge in [0.2, 0.25) is 5.91 Å². The molecule has 0 saturated carbocycles. The molecule has 0 aromatic rings. The lowest BCUT2D eigenvalue weighted by molar-refractivity contribution is -0.134. The molecule has 5 heteroatoms. The quantitative estimate of drug-likeness (QED) is 0.644. The molecule has 0 spiro atoms. The lowest BCUT2D eigenvalue weighted by atomic mass is 10.4. The van der Waals surface area contributed by atoms with Crippen LogP contribution in [0.3, 0.4) is 0 Å². The van der Waals surface area contributed by atoms with Gasteiger partial charge >= 0.3 is 0 Å². The average Bonchev–Trinajstić information content (AvgIpc) is 2.07. The van der Waals surface area contributed by atoms with E-state index in [0.29, 0.717) is 19.8 Å². The van der Waals surface area contributed by atoms with Crippen molar-refractivity contribution in [2.45, 2.75) is 0 Å². The smallest absolute Gasteiger partial charge is 0.236 e. The normalized spacial score (nSPS) is 16.9. The summed E-state index contributed by atoms with van der Waals surface area (Å²) in [6.45, 7) is 3.26. The number of carbonyl (C=O) groups excluding carboxylic acids is 1. The van der Waals surface area contributed by atoms with Gasteiger partial charge in [0.1, 0.15) is 0 Å². The predicted octanol–water partition coefficient (Wildman–Crippen LogP) is -0.514. The number of nitrogens with zero attached hydrogens (tertiary/aromatic N) is 1. The summed E-state index contributed by atoms with van der Waals surface area (Å²) in [6.07, 6.45) is 0. The first-order valence-corrected chi connectivity index (χ1v) is 3.84. The van der Waals surface area contributed by atoms with Crippen LogP contribution in [-0.4, -0.2) is 50.7 Å². The number of hydrogen-bond acceptors (Lipinski definition) is 3. The second-order valence-corrected chi connectivity index (χ2v) is 2.52. The Morgan fingerprint density at radius 3 is 2.58 bits per heavy atom. The number of halogens is 1. The molecule has 0 aromatic heterocycles. The topological polar surface area (TPSA) is 41.6 Å². The molecular weight excluding hydrogens is 180 g/mol. The SMILES string of the molecule is CNCC(=O)N1CCOCC1.Cl. The Kier molecular flexibility index (Phi) is 6.06. The Morgan fingerprint density at radius 1 is 1.50 bits per heavy atom. The number of carbonyl (C=O) groups is 1. The lowest BCUT2D eigenvalue weighted by Crippen LogP contribution is -2.44. The maximum Gasteiger partial charge on any atom is 0.236 e. The van der Waals surface area contributed by atoms with Gasteiger partial charge in [-0.3, -0.25) is 4.79 Å². The van der Waals surface area contributed by atoms with E-state index >= 15 is 0 Å². The minimum absolute atomic E-state index is 0. The zero-order valence-corrected chi connectivity index (χ0v) is 8.02. The number of rotatable bonds is 2. The van der Waals surface area contributed by atoms with E-state index in [4.69, 9.17) is 4.74 Å². The highest BCUT2D eigenvalue weighted by atomic mass is 35.5. The van der Waals surface area contributed by atoms with Crippen molar-refractivity contribution in [1.82, 2.24) is 10.2 Å². The van der Waals surface area contributed by atoms with Gasteiger partial charge in [0.15, 0.2) is 0 Å². The second-order valence-electron chi connectivity index (χ2n) is 2.52. The van der Waals surface area contributed by atoms with Crippen molar-refractivity contribution in [3.8, 4) is 0 Å². The molecule has 1 rings (SSSR count). The standard InChI is InChI=1S/C7H14N2O2.ClH/c1-8-6-7(10)9-2-4-11-5-3-9;/h8H,2-6H2,1H3;1H. The fourth-order valence-corrected chi connectivity index (χ4v) is 1.08. The van der Waals surface area contributed by atoms with Gasteiger partial charge < -0.3 is 15.0 Å². The first kappa shape index (κ1) is 11.7. The van der Waals surface area contributed by atoms with Crippen molar-refractivity contribution < 1.29 is 9.53 Å². The van der Waals surface area contributed by atoms with Gasteiger partial charge in [-0.25, -0.2) is 0 Å². The fourth-order valence-electron chi connectivity index (χ4n) is 1.08. The van der Waals surface area contributed by atoms with Gasteiger partial charge in [0, 0.05) is 13.1 Å². The molecule has 0 atom stereocenters. The molecule has 1 saturated heterocycles. The van der Waals surface area contributed by atoms with E-state index in [-0.39, 0.29) is 18.3 Å². The number of nitrogens with one attached hydrogen (secondary N) is 1. The summed E-state index contributed by atoms with van der Waals surface area (Å²) in [5, 5.41) is 2.83. The summed E-state index contributed by atoms with van der Waals surface area (Å²) < 4.78 is 5.11. The van der Waals surface area contributed by atoms with Crippen LogP contribution < -0.4 is 5.32 Å². The van der Waals surface area contributed by atoms with Crippen LogP contribution in [0.25, 0.3) is 0 Å². The summed E-state index contributed by atoms with van der Waals surface area (Å²) >= 11 is 0. The molecule has 1 amide bonds. The van der Waals surface area contributed by atoms with E-state index in [2.05, 4.69) is 5.32 Å². The van der Waals surface area contributed by atoms with Crippen LogP contribution in [0.2, 0.25) is 0 Å². The summed E-state index contributed by atoms with van der Waals surface area (Å²) in [4.78, 5) is 13.0. The van der Waals surface area contributed by atoms with Crippen LogP contribution in [0, 0.1) is 0 Å². The van der Waals surface area contributed by atoms with Crippen molar-refractivity contribution >= 4 is 18.3 Å². The van der Waals surface area contributed by atoms with Gasteiger partial charge in [-0.1, -0.05) is 0 Å². The number of morpholine rings is 1. The Labute approximate surface area is 78.7 Å². The Hall–Kier alpha value is -0.320. The average molecular weight is 195 g/mol. The van der Waals surface area contributed by atoms with Gasteiger partial charge in [0.05, 0.1) is 19.8 Å². The van der Waals surface area contributed by atoms with E-state index in [1.54, 1.807) is 7.05 Å². The van der Waals surface area contributed by atoms with Gasteiger partial charge in [-0.2, -0.15) is 0 Å². The first-order chi connectivity index (χ1) is 5.34. The van der Waals surface area contributed by atoms with Crippen LogP contribution >= 0.6 is 12.4 Å². The van der Waals surface area contributed by atoms with Crippen LogP contribution in [0.4, 0.5) is 0 Å². The predicted molar refractivity (Wildman–Crippen MR) is 48.6 cm³/mol. The summed E-state index contributed by atoms with van der Waals surface area (Å²) in [6, 6.07) is 0. The molecule has 0 bridgehead atoms. The van der Waals surface area contributed by atoms with Crippen molar-refractivity contribution in [3.63, 3.8) is 0 Å². The molecule has 0 unspecified atom stereocenters. The fraction of sp³-hybridized carbons (Fsp3) is 0.857. The summed E-state index contributed by atoms with van der Waals surface area (Å²) in [7, 11) is 1.78. The Bertz CT molecular complexity index is 137. The number of hydrogen-bond donors (Lipinski definition) is 1. The highest BCUT2D eigenvalue weighted by molar-refractivity contribution is 5.85. The van der Waals surface area contributed by atoms with Crippen molar-refractivity contribution in [2.24, 2.45) is 0 Å². The molecule has 1 aliphatic heterocycles. The third-order valence-corrected chi connectivity index (χ3v) is 1.69. The molecule has 72 valence electrons. The number of ether oxygens (including phenoxy) is 1. The van der Waals surface area contributed by atoms with E-state index in [1.807, 2.05) is 4.90 Å².